The maximum Gasteiger partial charge on any atom is 0.226 e. The molecule has 2 N–H and O–H groups in total. The number of nitrogens with one attached hydrogen (secondary N) is 2. The van der Waals surface area contributed by atoms with Gasteiger partial charge in [-0.05, 0) is 64.2 Å². The standard InChI is InChI=1S/C16H31N3O/c1-3-16(6-8-17-9-7-16)15(20)18-12-14(2)13-19-10-4-5-11-19/h14,17H,3-13H2,1-2H3,(H,18,20). The molecule has 20 heavy (non-hydrogen) atoms. The average molecular weight is 281 g/mol. The molecule has 2 aliphatic rings. The quantitative estimate of drug-likeness (QED) is 0.777. The summed E-state index contributed by atoms with van der Waals surface area (Å²) in [6, 6.07) is 0. The number of carbonyl (C=O) groups is 1. The van der Waals surface area contributed by atoms with Crippen LogP contribution in [0.3, 0.4) is 0 Å². The maximum atomic E-state index is 12.5. The first kappa shape index (κ1) is 15.8. The number of piperidine rings is 1. The Kier molecular flexibility index (Phi) is 5.85. The van der Waals surface area contributed by atoms with Crippen molar-refractivity contribution in [2.45, 2.75) is 46.0 Å². The molecule has 0 bridgehead atoms. The molecule has 1 unspecified atom stereocenters. The molecule has 0 aromatic carbocycles. The Morgan fingerprint density at radius 3 is 2.55 bits per heavy atom. The van der Waals surface area contributed by atoms with Crippen molar-refractivity contribution in [3.63, 3.8) is 0 Å². The summed E-state index contributed by atoms with van der Waals surface area (Å²) in [6.45, 7) is 10.8. The number of hydrogen-bond acceptors (Lipinski definition) is 3. The van der Waals surface area contributed by atoms with Gasteiger partial charge >= 0.3 is 0 Å². The van der Waals surface area contributed by atoms with Gasteiger partial charge in [-0.2, -0.15) is 0 Å². The molecule has 4 nitrogen and oxygen atoms in total. The molecule has 2 saturated heterocycles. The minimum Gasteiger partial charge on any atom is -0.355 e. The van der Waals surface area contributed by atoms with E-state index in [0.717, 1.165) is 45.4 Å². The van der Waals surface area contributed by atoms with Gasteiger partial charge < -0.3 is 15.5 Å². The average Bonchev–Trinajstić information content (AvgIpc) is 2.98. The largest absolute Gasteiger partial charge is 0.355 e. The minimum atomic E-state index is -0.112. The summed E-state index contributed by atoms with van der Waals surface area (Å²) in [6.07, 6.45) is 5.60. The fourth-order valence-corrected chi connectivity index (χ4v) is 3.57. The highest BCUT2D eigenvalue weighted by Crippen LogP contribution is 2.32. The molecule has 2 fully saturated rings. The van der Waals surface area contributed by atoms with E-state index in [1.807, 2.05) is 0 Å². The summed E-state index contributed by atoms with van der Waals surface area (Å²) in [5.41, 5.74) is -0.112. The van der Waals surface area contributed by atoms with E-state index in [-0.39, 0.29) is 11.3 Å². The molecular weight excluding hydrogens is 250 g/mol. The Morgan fingerprint density at radius 1 is 1.30 bits per heavy atom. The number of hydrogen-bond donors (Lipinski definition) is 2. The zero-order valence-corrected chi connectivity index (χ0v) is 13.2. The van der Waals surface area contributed by atoms with Crippen molar-refractivity contribution in [1.29, 1.82) is 0 Å². The predicted molar refractivity (Wildman–Crippen MR) is 82.7 cm³/mol. The summed E-state index contributed by atoms with van der Waals surface area (Å²) >= 11 is 0. The van der Waals surface area contributed by atoms with Gasteiger partial charge in [0.1, 0.15) is 0 Å². The SMILES string of the molecule is CCC1(C(=O)NCC(C)CN2CCCC2)CCNCC1. The second kappa shape index (κ2) is 7.41. The molecule has 116 valence electrons. The third-order valence-corrected chi connectivity index (χ3v) is 5.10. The predicted octanol–water partition coefficient (Wildman–Crippen LogP) is 1.61. The number of nitrogens with zero attached hydrogens (tertiary/aromatic N) is 1. The van der Waals surface area contributed by atoms with Gasteiger partial charge in [-0.1, -0.05) is 13.8 Å². The molecule has 0 aromatic rings. The summed E-state index contributed by atoms with van der Waals surface area (Å²) in [5, 5.41) is 6.58. The van der Waals surface area contributed by atoms with E-state index in [9.17, 15) is 4.79 Å². The molecule has 1 amide bonds. The monoisotopic (exact) mass is 281 g/mol. The van der Waals surface area contributed by atoms with Crippen molar-refractivity contribution in [3.05, 3.63) is 0 Å². The van der Waals surface area contributed by atoms with Crippen molar-refractivity contribution in [1.82, 2.24) is 15.5 Å². The van der Waals surface area contributed by atoms with Crippen molar-refractivity contribution < 1.29 is 4.79 Å². The molecule has 4 heteroatoms. The van der Waals surface area contributed by atoms with Crippen molar-refractivity contribution in [2.75, 3.05) is 39.3 Å². The highest BCUT2D eigenvalue weighted by Gasteiger charge is 2.37. The van der Waals surface area contributed by atoms with Crippen LogP contribution in [0.15, 0.2) is 0 Å². The smallest absolute Gasteiger partial charge is 0.226 e. The topological polar surface area (TPSA) is 44.4 Å². The highest BCUT2D eigenvalue weighted by atomic mass is 16.2. The molecule has 2 aliphatic heterocycles. The first-order valence-corrected chi connectivity index (χ1v) is 8.38. The molecule has 0 saturated carbocycles. The molecule has 2 rings (SSSR count). The van der Waals surface area contributed by atoms with Crippen molar-refractivity contribution in [2.24, 2.45) is 11.3 Å². The van der Waals surface area contributed by atoms with Gasteiger partial charge in [-0.25, -0.2) is 0 Å². The molecule has 0 radical (unpaired) electrons. The van der Waals surface area contributed by atoms with Crippen LogP contribution in [0, 0.1) is 11.3 Å². The Balaban J connectivity index is 1.75. The Hall–Kier alpha value is -0.610. The van der Waals surface area contributed by atoms with E-state index in [2.05, 4.69) is 29.4 Å². The first-order chi connectivity index (χ1) is 9.66. The fourth-order valence-electron chi connectivity index (χ4n) is 3.57. The van der Waals surface area contributed by atoms with Gasteiger partial charge in [0.2, 0.25) is 5.91 Å². The van der Waals surface area contributed by atoms with Crippen LogP contribution in [0.1, 0.15) is 46.0 Å². The molecule has 0 aliphatic carbocycles. The number of carbonyl (C=O) groups excluding carboxylic acids is 1. The summed E-state index contributed by atoms with van der Waals surface area (Å²) in [5.74, 6) is 0.836. The van der Waals surface area contributed by atoms with Crippen LogP contribution in [0.2, 0.25) is 0 Å². The van der Waals surface area contributed by atoms with Gasteiger partial charge in [0.25, 0.3) is 0 Å². The summed E-state index contributed by atoms with van der Waals surface area (Å²) in [7, 11) is 0. The summed E-state index contributed by atoms with van der Waals surface area (Å²) in [4.78, 5) is 15.1. The lowest BCUT2D eigenvalue weighted by atomic mass is 9.76. The zero-order valence-electron chi connectivity index (χ0n) is 13.2. The van der Waals surface area contributed by atoms with E-state index in [1.165, 1.54) is 25.9 Å². The third kappa shape index (κ3) is 3.95. The molecule has 1 atom stereocenters. The third-order valence-electron chi connectivity index (χ3n) is 5.10. The highest BCUT2D eigenvalue weighted by molar-refractivity contribution is 5.82. The van der Waals surface area contributed by atoms with Crippen LogP contribution < -0.4 is 10.6 Å². The van der Waals surface area contributed by atoms with Crippen LogP contribution in [0.4, 0.5) is 0 Å². The number of likely N-dealkylation sites (tertiary alicyclic amines) is 1. The first-order valence-electron chi connectivity index (χ1n) is 8.38. The zero-order chi connectivity index (χ0) is 14.4. The Labute approximate surface area is 123 Å². The second-order valence-corrected chi connectivity index (χ2v) is 6.71. The van der Waals surface area contributed by atoms with E-state index in [4.69, 9.17) is 0 Å². The van der Waals surface area contributed by atoms with E-state index >= 15 is 0 Å². The van der Waals surface area contributed by atoms with Crippen LogP contribution in [-0.4, -0.2) is 50.1 Å². The fraction of sp³-hybridized carbons (Fsp3) is 0.938. The van der Waals surface area contributed by atoms with Gasteiger partial charge in [-0.15, -0.1) is 0 Å². The van der Waals surface area contributed by atoms with Crippen LogP contribution in [-0.2, 0) is 4.79 Å². The summed E-state index contributed by atoms with van der Waals surface area (Å²) < 4.78 is 0. The maximum absolute atomic E-state index is 12.5. The van der Waals surface area contributed by atoms with Gasteiger partial charge in [0.15, 0.2) is 0 Å². The van der Waals surface area contributed by atoms with Crippen molar-refractivity contribution >= 4 is 5.91 Å². The second-order valence-electron chi connectivity index (χ2n) is 6.71. The number of amides is 1. The molecule has 0 spiro atoms. The molecule has 2 heterocycles. The molecule has 0 aromatic heterocycles. The van der Waals surface area contributed by atoms with Crippen LogP contribution in [0.25, 0.3) is 0 Å². The van der Waals surface area contributed by atoms with E-state index in [0.29, 0.717) is 5.92 Å². The van der Waals surface area contributed by atoms with Crippen molar-refractivity contribution in [3.8, 4) is 0 Å². The van der Waals surface area contributed by atoms with E-state index in [1.54, 1.807) is 0 Å². The molecular formula is C16H31N3O. The normalized spacial score (nSPS) is 24.5. The Morgan fingerprint density at radius 2 is 1.95 bits per heavy atom. The lowest BCUT2D eigenvalue weighted by molar-refractivity contribution is -0.133. The lowest BCUT2D eigenvalue weighted by Crippen LogP contribution is -2.48. The number of rotatable bonds is 6. The van der Waals surface area contributed by atoms with Gasteiger partial charge in [-0.3, -0.25) is 4.79 Å². The van der Waals surface area contributed by atoms with Gasteiger partial charge in [0, 0.05) is 13.1 Å². The van der Waals surface area contributed by atoms with Crippen LogP contribution in [0.5, 0.6) is 0 Å². The Bertz CT molecular complexity index is 307. The minimum absolute atomic E-state index is 0.112. The van der Waals surface area contributed by atoms with Crippen LogP contribution >= 0.6 is 0 Å². The lowest BCUT2D eigenvalue weighted by Gasteiger charge is -2.35. The van der Waals surface area contributed by atoms with Gasteiger partial charge in [0.05, 0.1) is 5.41 Å². The van der Waals surface area contributed by atoms with E-state index < -0.39 is 0 Å².